The fourth-order valence-electron chi connectivity index (χ4n) is 3.05. The highest BCUT2D eigenvalue weighted by Gasteiger charge is 2.43. The van der Waals surface area contributed by atoms with Gasteiger partial charge in [0.25, 0.3) is 0 Å². The Labute approximate surface area is 116 Å². The molecule has 106 valence electrons. The summed E-state index contributed by atoms with van der Waals surface area (Å²) in [5, 5.41) is 10.6. The molecule has 0 radical (unpaired) electrons. The minimum Gasteiger partial charge on any atom is -0.390 e. The zero-order valence-corrected chi connectivity index (χ0v) is 12.4. The molecule has 19 heavy (non-hydrogen) atoms. The Morgan fingerprint density at radius 1 is 1.11 bits per heavy atom. The molecule has 2 heteroatoms. The zero-order chi connectivity index (χ0) is 13.9. The van der Waals surface area contributed by atoms with Gasteiger partial charge in [0.05, 0.1) is 11.7 Å². The van der Waals surface area contributed by atoms with Gasteiger partial charge in [-0.15, -0.1) is 0 Å². The second-order valence-electron chi connectivity index (χ2n) is 6.64. The van der Waals surface area contributed by atoms with Crippen LogP contribution in [0.2, 0.25) is 0 Å². The molecule has 1 atom stereocenters. The van der Waals surface area contributed by atoms with Gasteiger partial charge in [-0.1, -0.05) is 44.2 Å². The summed E-state index contributed by atoms with van der Waals surface area (Å²) in [7, 11) is 1.74. The summed E-state index contributed by atoms with van der Waals surface area (Å²) >= 11 is 0. The van der Waals surface area contributed by atoms with Crippen LogP contribution in [0.1, 0.15) is 45.1 Å². The smallest absolute Gasteiger partial charge is 0.0940 e. The fourth-order valence-corrected chi connectivity index (χ4v) is 3.05. The molecule has 0 amide bonds. The van der Waals surface area contributed by atoms with Crippen LogP contribution in [-0.4, -0.2) is 23.9 Å². The van der Waals surface area contributed by atoms with Gasteiger partial charge in [0.1, 0.15) is 0 Å². The highest BCUT2D eigenvalue weighted by molar-refractivity contribution is 5.16. The van der Waals surface area contributed by atoms with Crippen molar-refractivity contribution in [2.45, 2.75) is 57.7 Å². The summed E-state index contributed by atoms with van der Waals surface area (Å²) in [4.78, 5) is 0. The number of aliphatic hydroxyl groups excluding tert-OH is 1. The number of methoxy groups -OCH3 is 1. The van der Waals surface area contributed by atoms with Gasteiger partial charge in [0, 0.05) is 13.5 Å². The van der Waals surface area contributed by atoms with Crippen LogP contribution in [0, 0.1) is 5.41 Å². The molecule has 1 N–H and O–H groups in total. The predicted molar refractivity (Wildman–Crippen MR) is 78.1 cm³/mol. The van der Waals surface area contributed by atoms with E-state index in [1.807, 2.05) is 18.2 Å². The molecule has 2 nitrogen and oxygen atoms in total. The van der Waals surface area contributed by atoms with E-state index in [-0.39, 0.29) is 5.60 Å². The first-order valence-corrected chi connectivity index (χ1v) is 7.25. The summed E-state index contributed by atoms with van der Waals surface area (Å²) in [6, 6.07) is 10.2. The predicted octanol–water partition coefficient (Wildman–Crippen LogP) is 3.58. The van der Waals surface area contributed by atoms with Crippen molar-refractivity contribution < 1.29 is 9.84 Å². The Morgan fingerprint density at radius 2 is 1.68 bits per heavy atom. The number of benzene rings is 1. The zero-order valence-electron chi connectivity index (χ0n) is 12.4. The Bertz CT molecular complexity index is 387. The standard InChI is InChI=1S/C17H26O2/c1-16(2)9-11-17(19-3,12-10-16)15(18)13-14-7-5-4-6-8-14/h4-8,15,18H,9-13H2,1-3H3. The average molecular weight is 262 g/mol. The van der Waals surface area contributed by atoms with E-state index in [0.717, 1.165) is 25.7 Å². The van der Waals surface area contributed by atoms with Gasteiger partial charge in [-0.05, 0) is 36.7 Å². The molecule has 2 rings (SSSR count). The lowest BCUT2D eigenvalue weighted by atomic mass is 9.68. The molecular formula is C17H26O2. The van der Waals surface area contributed by atoms with Crippen molar-refractivity contribution in [3.8, 4) is 0 Å². The maximum absolute atomic E-state index is 10.6. The number of ether oxygens (including phenoxy) is 1. The first-order valence-electron chi connectivity index (χ1n) is 7.25. The molecule has 0 aliphatic heterocycles. The first kappa shape index (κ1) is 14.5. The van der Waals surface area contributed by atoms with E-state index in [9.17, 15) is 5.11 Å². The SMILES string of the molecule is COC1(C(O)Cc2ccccc2)CCC(C)(C)CC1. The Hall–Kier alpha value is -0.860. The van der Waals surface area contributed by atoms with Crippen LogP contribution in [0.4, 0.5) is 0 Å². The Kier molecular flexibility index (Phi) is 4.32. The van der Waals surface area contributed by atoms with E-state index in [1.165, 1.54) is 5.56 Å². The van der Waals surface area contributed by atoms with Crippen LogP contribution in [0.3, 0.4) is 0 Å². The topological polar surface area (TPSA) is 29.5 Å². The monoisotopic (exact) mass is 262 g/mol. The second-order valence-corrected chi connectivity index (χ2v) is 6.64. The lowest BCUT2D eigenvalue weighted by molar-refractivity contribution is -0.135. The Morgan fingerprint density at radius 3 is 2.21 bits per heavy atom. The number of hydrogen-bond acceptors (Lipinski definition) is 2. The molecule has 1 unspecified atom stereocenters. The van der Waals surface area contributed by atoms with Gasteiger partial charge < -0.3 is 9.84 Å². The highest BCUT2D eigenvalue weighted by Crippen LogP contribution is 2.43. The van der Waals surface area contributed by atoms with Crippen LogP contribution in [0.25, 0.3) is 0 Å². The van der Waals surface area contributed by atoms with Crippen LogP contribution in [0.15, 0.2) is 30.3 Å². The third-order valence-electron chi connectivity index (χ3n) is 4.74. The van der Waals surface area contributed by atoms with Gasteiger partial charge >= 0.3 is 0 Å². The second kappa shape index (κ2) is 5.64. The van der Waals surface area contributed by atoms with Crippen LogP contribution in [-0.2, 0) is 11.2 Å². The van der Waals surface area contributed by atoms with E-state index in [1.54, 1.807) is 7.11 Å². The third kappa shape index (κ3) is 3.37. The summed E-state index contributed by atoms with van der Waals surface area (Å²) < 4.78 is 5.76. The molecule has 1 aliphatic rings. The molecule has 1 fully saturated rings. The minimum atomic E-state index is -0.420. The summed E-state index contributed by atoms with van der Waals surface area (Å²) in [6.45, 7) is 4.60. The molecule has 0 saturated heterocycles. The molecule has 1 saturated carbocycles. The molecule has 0 bridgehead atoms. The van der Waals surface area contributed by atoms with Crippen molar-refractivity contribution in [2.24, 2.45) is 5.41 Å². The van der Waals surface area contributed by atoms with Crippen molar-refractivity contribution >= 4 is 0 Å². The van der Waals surface area contributed by atoms with Crippen molar-refractivity contribution in [2.75, 3.05) is 7.11 Å². The molecule has 0 aromatic heterocycles. The highest BCUT2D eigenvalue weighted by atomic mass is 16.5. The van der Waals surface area contributed by atoms with Gasteiger partial charge in [0.2, 0.25) is 0 Å². The van der Waals surface area contributed by atoms with Crippen LogP contribution in [0.5, 0.6) is 0 Å². The van der Waals surface area contributed by atoms with Gasteiger partial charge in [0.15, 0.2) is 0 Å². The lowest BCUT2D eigenvalue weighted by Gasteiger charge is -2.45. The van der Waals surface area contributed by atoms with Crippen molar-refractivity contribution in [1.82, 2.24) is 0 Å². The van der Waals surface area contributed by atoms with Gasteiger partial charge in [-0.3, -0.25) is 0 Å². The quantitative estimate of drug-likeness (QED) is 0.898. The minimum absolute atomic E-state index is 0.356. The van der Waals surface area contributed by atoms with Crippen molar-refractivity contribution in [3.05, 3.63) is 35.9 Å². The molecule has 0 heterocycles. The molecule has 0 spiro atoms. The van der Waals surface area contributed by atoms with E-state index >= 15 is 0 Å². The summed E-state index contributed by atoms with van der Waals surface area (Å²) in [6.07, 6.45) is 4.39. The summed E-state index contributed by atoms with van der Waals surface area (Å²) in [5.41, 5.74) is 1.20. The molecule has 1 aliphatic carbocycles. The lowest BCUT2D eigenvalue weighted by Crippen LogP contribution is -2.49. The number of aliphatic hydroxyl groups is 1. The van der Waals surface area contributed by atoms with Gasteiger partial charge in [-0.2, -0.15) is 0 Å². The average Bonchev–Trinajstić information content (AvgIpc) is 2.40. The van der Waals surface area contributed by atoms with Gasteiger partial charge in [-0.25, -0.2) is 0 Å². The largest absolute Gasteiger partial charge is 0.390 e. The van der Waals surface area contributed by atoms with Crippen molar-refractivity contribution in [3.63, 3.8) is 0 Å². The van der Waals surface area contributed by atoms with E-state index in [0.29, 0.717) is 11.8 Å². The molecule has 1 aromatic carbocycles. The maximum Gasteiger partial charge on any atom is 0.0940 e. The number of rotatable bonds is 4. The van der Waals surface area contributed by atoms with E-state index in [2.05, 4.69) is 26.0 Å². The van der Waals surface area contributed by atoms with Crippen LogP contribution < -0.4 is 0 Å². The fraction of sp³-hybridized carbons (Fsp3) is 0.647. The van der Waals surface area contributed by atoms with Crippen LogP contribution >= 0.6 is 0 Å². The molecule has 1 aromatic rings. The Balaban J connectivity index is 2.05. The van der Waals surface area contributed by atoms with E-state index in [4.69, 9.17) is 4.74 Å². The maximum atomic E-state index is 10.6. The van der Waals surface area contributed by atoms with E-state index < -0.39 is 6.10 Å². The normalized spacial score (nSPS) is 22.9. The summed E-state index contributed by atoms with van der Waals surface area (Å²) in [5.74, 6) is 0. The van der Waals surface area contributed by atoms with Crippen molar-refractivity contribution in [1.29, 1.82) is 0 Å². The number of hydrogen-bond donors (Lipinski definition) is 1. The third-order valence-corrected chi connectivity index (χ3v) is 4.74. The molecular weight excluding hydrogens is 236 g/mol. The first-order chi connectivity index (χ1) is 8.97.